The molecule has 0 fully saturated rings. The number of aryl methyl sites for hydroxylation is 4. The maximum atomic E-state index is 2.47. The van der Waals surface area contributed by atoms with E-state index in [9.17, 15) is 0 Å². The average molecular weight is 861 g/mol. The maximum Gasteiger partial charge on any atom is -0.000730 e. The summed E-state index contributed by atoms with van der Waals surface area (Å²) in [4.78, 5) is 0. The van der Waals surface area contributed by atoms with Gasteiger partial charge in [0.25, 0.3) is 0 Å². The molecular weight excluding hydrogens is 817 g/mol. The van der Waals surface area contributed by atoms with Gasteiger partial charge in [-0.1, -0.05) is 194 Å². The van der Waals surface area contributed by atoms with Crippen LogP contribution in [0.4, 0.5) is 0 Å². The molecule has 2 aliphatic rings. The third-order valence-electron chi connectivity index (χ3n) is 16.1. The molecule has 0 saturated heterocycles. The Labute approximate surface area is 395 Å². The maximum absolute atomic E-state index is 2.47. The van der Waals surface area contributed by atoms with Gasteiger partial charge in [0.15, 0.2) is 0 Å². The lowest BCUT2D eigenvalue weighted by atomic mass is 9.81. The summed E-state index contributed by atoms with van der Waals surface area (Å²) in [6.07, 6.45) is 0. The van der Waals surface area contributed by atoms with E-state index in [1.54, 1.807) is 0 Å². The van der Waals surface area contributed by atoms with Gasteiger partial charge >= 0.3 is 0 Å². The van der Waals surface area contributed by atoms with E-state index in [1.807, 2.05) is 0 Å². The Hall–Kier alpha value is -8.32. The van der Waals surface area contributed by atoms with Gasteiger partial charge in [-0.05, 0) is 204 Å². The van der Waals surface area contributed by atoms with E-state index >= 15 is 0 Å². The summed E-state index contributed by atoms with van der Waals surface area (Å²) in [6.45, 7) is 9.07. The summed E-state index contributed by atoms with van der Waals surface area (Å²) in [6, 6.07) is 73.9. The van der Waals surface area contributed by atoms with Crippen molar-refractivity contribution in [2.45, 2.75) is 27.7 Å². The molecule has 0 aromatic heterocycles. The molecule has 0 spiro atoms. The molecule has 0 heterocycles. The molecule has 2 aliphatic carbocycles. The van der Waals surface area contributed by atoms with E-state index in [2.05, 4.69) is 222 Å². The molecule has 0 N–H and O–H groups in total. The minimum absolute atomic E-state index is 1.29. The minimum atomic E-state index is 1.29. The molecule has 15 rings (SSSR count). The summed E-state index contributed by atoms with van der Waals surface area (Å²) in [5.41, 5.74) is 26.4. The molecule has 0 unspecified atom stereocenters. The molecule has 0 amide bonds. The second kappa shape index (κ2) is 13.6. The van der Waals surface area contributed by atoms with Gasteiger partial charge in [0.1, 0.15) is 0 Å². The van der Waals surface area contributed by atoms with E-state index in [0.717, 1.165) is 0 Å². The Morgan fingerprint density at radius 2 is 0.382 bits per heavy atom. The minimum Gasteiger partial charge on any atom is -0.0620 e. The van der Waals surface area contributed by atoms with Crippen molar-refractivity contribution in [3.05, 3.63) is 216 Å². The fourth-order valence-electron chi connectivity index (χ4n) is 13.2. The van der Waals surface area contributed by atoms with Crippen LogP contribution >= 0.6 is 0 Å². The van der Waals surface area contributed by atoms with Crippen molar-refractivity contribution < 1.29 is 0 Å². The van der Waals surface area contributed by atoms with Crippen molar-refractivity contribution in [1.29, 1.82) is 0 Å². The van der Waals surface area contributed by atoms with Crippen LogP contribution in [0.15, 0.2) is 194 Å². The molecule has 0 aliphatic heterocycles. The van der Waals surface area contributed by atoms with Crippen LogP contribution in [-0.4, -0.2) is 0 Å². The summed E-state index contributed by atoms with van der Waals surface area (Å²) in [5.74, 6) is 0. The van der Waals surface area contributed by atoms with Crippen LogP contribution in [0.1, 0.15) is 22.3 Å². The Morgan fingerprint density at radius 1 is 0.162 bits per heavy atom. The van der Waals surface area contributed by atoms with Gasteiger partial charge < -0.3 is 0 Å². The van der Waals surface area contributed by atoms with Gasteiger partial charge in [0, 0.05) is 0 Å². The molecule has 0 radical (unpaired) electrons. The van der Waals surface area contributed by atoms with Crippen molar-refractivity contribution in [3.8, 4) is 89.0 Å². The number of fused-ring (bicyclic) bond motifs is 10. The van der Waals surface area contributed by atoms with Crippen molar-refractivity contribution in [1.82, 2.24) is 0 Å². The van der Waals surface area contributed by atoms with Crippen LogP contribution in [0.5, 0.6) is 0 Å². The zero-order valence-electron chi connectivity index (χ0n) is 38.5. The van der Waals surface area contributed by atoms with Crippen LogP contribution in [0, 0.1) is 27.7 Å². The third-order valence-corrected chi connectivity index (χ3v) is 16.1. The molecule has 316 valence electrons. The number of hydrogen-bond acceptors (Lipinski definition) is 0. The van der Waals surface area contributed by atoms with E-state index in [-0.39, 0.29) is 0 Å². The molecule has 0 bridgehead atoms. The van der Waals surface area contributed by atoms with Gasteiger partial charge in [-0.25, -0.2) is 0 Å². The van der Waals surface area contributed by atoms with Crippen LogP contribution in [-0.2, 0) is 0 Å². The first kappa shape index (κ1) is 37.9. The highest BCUT2D eigenvalue weighted by molar-refractivity contribution is 6.42. The molecular formula is C68H44. The Kier molecular flexibility index (Phi) is 7.59. The Morgan fingerprint density at radius 3 is 0.618 bits per heavy atom. The first-order valence-corrected chi connectivity index (χ1v) is 24.1. The zero-order valence-corrected chi connectivity index (χ0v) is 38.5. The molecule has 0 atom stereocenters. The molecule has 13 aromatic rings. The summed E-state index contributed by atoms with van der Waals surface area (Å²) < 4.78 is 0. The van der Waals surface area contributed by atoms with Gasteiger partial charge in [-0.15, -0.1) is 0 Å². The van der Waals surface area contributed by atoms with Crippen molar-refractivity contribution in [2.24, 2.45) is 0 Å². The monoisotopic (exact) mass is 860 g/mol. The van der Waals surface area contributed by atoms with Gasteiger partial charge in [0.05, 0.1) is 0 Å². The standard InChI is InChI=1S/C68H44/c1-37-17-5-9-21-41(37)57-45-25-13-14-26-46(45)58(42-22-10-6-18-38(42)2)66-54-34-30-50-52-32-36-56-64-55(35-31-51(62(52)64)49-29-33-53(65(57)66)63(54)61(49)50)67-59(43-23-11-7-19-39(43)3)47-27-15-16-28-48(47)60(68(56)67)44-24-12-8-20-40(44)4/h5-36H,1-4H3. The van der Waals surface area contributed by atoms with Gasteiger partial charge in [-0.3, -0.25) is 0 Å². The largest absolute Gasteiger partial charge is 0.0620 e. The second-order valence-electron chi connectivity index (χ2n) is 19.5. The number of hydrogen-bond donors (Lipinski definition) is 0. The fourth-order valence-corrected chi connectivity index (χ4v) is 13.2. The summed E-state index contributed by atoms with van der Waals surface area (Å²) in [7, 11) is 0. The highest BCUT2D eigenvalue weighted by Gasteiger charge is 2.35. The predicted molar refractivity (Wildman–Crippen MR) is 292 cm³/mol. The fraction of sp³-hybridized carbons (Fsp3) is 0.0588. The van der Waals surface area contributed by atoms with Gasteiger partial charge in [0.2, 0.25) is 0 Å². The Bertz CT molecular complexity index is 3850. The molecule has 68 heavy (non-hydrogen) atoms. The summed E-state index contributed by atoms with van der Waals surface area (Å²) in [5, 5.41) is 16.0. The number of rotatable bonds is 4. The molecule has 0 nitrogen and oxygen atoms in total. The van der Waals surface area contributed by atoms with Crippen molar-refractivity contribution >= 4 is 64.6 Å². The normalized spacial score (nSPS) is 12.4. The SMILES string of the molecule is Cc1ccccc1-c1c2c(c(-c3ccccc3C)c3ccccc13)-c1ccc3c4ccc5c6c(ccc(c7ccc-2c1c73)c64)-c1c-5c(-c2ccccc2C)c2ccccc2c1-c1ccccc1C. The lowest BCUT2D eigenvalue weighted by Crippen LogP contribution is -1.95. The first-order valence-electron chi connectivity index (χ1n) is 24.1. The van der Waals surface area contributed by atoms with E-state index in [0.29, 0.717) is 0 Å². The lowest BCUT2D eigenvalue weighted by Gasteiger charge is -2.22. The Balaban J connectivity index is 1.09. The van der Waals surface area contributed by atoms with Gasteiger partial charge in [-0.2, -0.15) is 0 Å². The molecule has 0 saturated carbocycles. The number of benzene rings is 13. The van der Waals surface area contributed by atoms with E-state index < -0.39 is 0 Å². The van der Waals surface area contributed by atoms with Crippen LogP contribution in [0.25, 0.3) is 154 Å². The van der Waals surface area contributed by atoms with E-state index in [1.165, 1.54) is 176 Å². The topological polar surface area (TPSA) is 0 Å². The van der Waals surface area contributed by atoms with Crippen LogP contribution < -0.4 is 0 Å². The van der Waals surface area contributed by atoms with Crippen molar-refractivity contribution in [2.75, 3.05) is 0 Å². The third kappa shape index (κ3) is 4.74. The average Bonchev–Trinajstić information content (AvgIpc) is 3.89. The van der Waals surface area contributed by atoms with Crippen LogP contribution in [0.2, 0.25) is 0 Å². The van der Waals surface area contributed by atoms with Crippen LogP contribution in [0.3, 0.4) is 0 Å². The highest BCUT2D eigenvalue weighted by Crippen LogP contribution is 2.63. The predicted octanol–water partition coefficient (Wildman–Crippen LogP) is 19.2. The zero-order chi connectivity index (χ0) is 45.1. The van der Waals surface area contributed by atoms with E-state index in [4.69, 9.17) is 0 Å². The molecule has 0 heteroatoms. The summed E-state index contributed by atoms with van der Waals surface area (Å²) >= 11 is 0. The first-order chi connectivity index (χ1) is 33.5. The highest BCUT2D eigenvalue weighted by atomic mass is 14.4. The lowest BCUT2D eigenvalue weighted by molar-refractivity contribution is 1.46. The second-order valence-corrected chi connectivity index (χ2v) is 19.5. The smallest absolute Gasteiger partial charge is 0.000730 e. The molecule has 13 aromatic carbocycles. The van der Waals surface area contributed by atoms with Crippen molar-refractivity contribution in [3.63, 3.8) is 0 Å². The quantitative estimate of drug-likeness (QED) is 0.122.